The zero-order valence-corrected chi connectivity index (χ0v) is 16.9. The molecule has 0 bridgehead atoms. The molecule has 0 aromatic heterocycles. The van der Waals surface area contributed by atoms with Crippen molar-refractivity contribution in [3.05, 3.63) is 65.5 Å². The van der Waals surface area contributed by atoms with Crippen molar-refractivity contribution in [3.8, 4) is 5.75 Å². The summed E-state index contributed by atoms with van der Waals surface area (Å²) in [7, 11) is 1.57. The highest BCUT2D eigenvalue weighted by molar-refractivity contribution is 5.95. The summed E-state index contributed by atoms with van der Waals surface area (Å²) in [6, 6.07) is 13.2. The van der Waals surface area contributed by atoms with Crippen LogP contribution in [0.25, 0.3) is 0 Å². The number of benzene rings is 2. The summed E-state index contributed by atoms with van der Waals surface area (Å²) in [5, 5.41) is 0. The maximum atomic E-state index is 13.9. The first-order chi connectivity index (χ1) is 14.6. The minimum atomic E-state index is -0.410. The van der Waals surface area contributed by atoms with Crippen molar-refractivity contribution >= 4 is 11.8 Å². The summed E-state index contributed by atoms with van der Waals surface area (Å²) >= 11 is 0. The molecular formula is C23H25FN2O4. The second-order valence-corrected chi connectivity index (χ2v) is 7.64. The zero-order chi connectivity index (χ0) is 21.1. The Bertz CT molecular complexity index is 912. The van der Waals surface area contributed by atoms with Gasteiger partial charge in [0.1, 0.15) is 11.6 Å². The van der Waals surface area contributed by atoms with Crippen LogP contribution in [0.1, 0.15) is 21.8 Å². The maximum absolute atomic E-state index is 13.9. The molecule has 0 spiro atoms. The number of rotatable bonds is 4. The summed E-state index contributed by atoms with van der Waals surface area (Å²) in [5.41, 5.74) is 1.28. The summed E-state index contributed by atoms with van der Waals surface area (Å²) in [6.07, 6.45) is 0. The molecule has 2 heterocycles. The topological polar surface area (TPSA) is 59.1 Å². The number of hydrogen-bond acceptors (Lipinski definition) is 4. The van der Waals surface area contributed by atoms with Crippen LogP contribution in [-0.4, -0.2) is 68.1 Å². The molecule has 7 heteroatoms. The number of ether oxygens (including phenoxy) is 2. The van der Waals surface area contributed by atoms with E-state index in [0.717, 1.165) is 5.56 Å². The third kappa shape index (κ3) is 4.16. The lowest BCUT2D eigenvalue weighted by Crippen LogP contribution is -2.45. The summed E-state index contributed by atoms with van der Waals surface area (Å²) < 4.78 is 24.4. The number of morpholine rings is 1. The molecule has 2 unspecified atom stereocenters. The minimum absolute atomic E-state index is 0.00223. The number of likely N-dealkylation sites (tertiary alicyclic amines) is 1. The highest BCUT2D eigenvalue weighted by Crippen LogP contribution is 2.35. The fourth-order valence-electron chi connectivity index (χ4n) is 4.23. The SMILES string of the molecule is COc1ccc(C(=O)N2CC(C(=O)N3CCOCC3)C(c3cccc(F)c3)C2)cc1. The van der Waals surface area contributed by atoms with Crippen LogP contribution in [0.3, 0.4) is 0 Å². The van der Waals surface area contributed by atoms with Gasteiger partial charge in [-0.2, -0.15) is 0 Å². The number of hydrogen-bond donors (Lipinski definition) is 0. The van der Waals surface area contributed by atoms with Crippen molar-refractivity contribution in [2.45, 2.75) is 5.92 Å². The Hall–Kier alpha value is -2.93. The van der Waals surface area contributed by atoms with Gasteiger partial charge in [0.25, 0.3) is 5.91 Å². The van der Waals surface area contributed by atoms with Crippen molar-refractivity contribution in [1.82, 2.24) is 9.80 Å². The van der Waals surface area contributed by atoms with Gasteiger partial charge in [-0.25, -0.2) is 4.39 Å². The van der Waals surface area contributed by atoms with E-state index < -0.39 is 5.92 Å². The third-order valence-electron chi connectivity index (χ3n) is 5.86. The molecule has 2 atom stereocenters. The second kappa shape index (κ2) is 8.83. The predicted molar refractivity (Wildman–Crippen MR) is 109 cm³/mol. The van der Waals surface area contributed by atoms with E-state index in [0.29, 0.717) is 50.7 Å². The molecule has 6 nitrogen and oxygen atoms in total. The van der Waals surface area contributed by atoms with Gasteiger partial charge in [0.2, 0.25) is 5.91 Å². The molecule has 2 aromatic carbocycles. The molecule has 0 N–H and O–H groups in total. The molecule has 2 aromatic rings. The van der Waals surface area contributed by atoms with E-state index in [1.165, 1.54) is 12.1 Å². The number of carbonyl (C=O) groups is 2. The summed E-state index contributed by atoms with van der Waals surface area (Å²) in [6.45, 7) is 2.78. The van der Waals surface area contributed by atoms with Crippen LogP contribution in [0.5, 0.6) is 5.75 Å². The van der Waals surface area contributed by atoms with Gasteiger partial charge in [0.15, 0.2) is 0 Å². The molecule has 2 amide bonds. The lowest BCUT2D eigenvalue weighted by molar-refractivity contribution is -0.139. The van der Waals surface area contributed by atoms with Crippen molar-refractivity contribution in [2.24, 2.45) is 5.92 Å². The number of amides is 2. The van der Waals surface area contributed by atoms with Gasteiger partial charge in [-0.1, -0.05) is 12.1 Å². The van der Waals surface area contributed by atoms with E-state index in [-0.39, 0.29) is 23.5 Å². The average molecular weight is 412 g/mol. The zero-order valence-electron chi connectivity index (χ0n) is 16.9. The molecule has 0 aliphatic carbocycles. The first kappa shape index (κ1) is 20.3. The Morgan fingerprint density at radius 2 is 1.77 bits per heavy atom. The van der Waals surface area contributed by atoms with Gasteiger partial charge >= 0.3 is 0 Å². The number of carbonyl (C=O) groups excluding carboxylic acids is 2. The second-order valence-electron chi connectivity index (χ2n) is 7.64. The van der Waals surface area contributed by atoms with Crippen LogP contribution in [0.4, 0.5) is 4.39 Å². The first-order valence-corrected chi connectivity index (χ1v) is 10.1. The highest BCUT2D eigenvalue weighted by atomic mass is 19.1. The van der Waals surface area contributed by atoms with Crippen LogP contribution in [0, 0.1) is 11.7 Å². The van der Waals surface area contributed by atoms with E-state index in [1.54, 1.807) is 47.2 Å². The molecular weight excluding hydrogens is 387 g/mol. The van der Waals surface area contributed by atoms with Crippen LogP contribution < -0.4 is 4.74 Å². The van der Waals surface area contributed by atoms with E-state index in [1.807, 2.05) is 6.07 Å². The molecule has 30 heavy (non-hydrogen) atoms. The van der Waals surface area contributed by atoms with Gasteiger partial charge in [-0.15, -0.1) is 0 Å². The van der Waals surface area contributed by atoms with Gasteiger partial charge in [0, 0.05) is 37.7 Å². The van der Waals surface area contributed by atoms with E-state index in [2.05, 4.69) is 0 Å². The Kier molecular flexibility index (Phi) is 5.99. The molecule has 0 saturated carbocycles. The fourth-order valence-corrected chi connectivity index (χ4v) is 4.23. The molecule has 2 aliphatic heterocycles. The van der Waals surface area contributed by atoms with Crippen molar-refractivity contribution in [3.63, 3.8) is 0 Å². The van der Waals surface area contributed by atoms with Gasteiger partial charge < -0.3 is 19.3 Å². The third-order valence-corrected chi connectivity index (χ3v) is 5.86. The Labute approximate surface area is 175 Å². The first-order valence-electron chi connectivity index (χ1n) is 10.1. The van der Waals surface area contributed by atoms with Crippen LogP contribution >= 0.6 is 0 Å². The fraction of sp³-hybridized carbons (Fsp3) is 0.391. The molecule has 2 fully saturated rings. The van der Waals surface area contributed by atoms with E-state index >= 15 is 0 Å². The molecule has 2 aliphatic rings. The van der Waals surface area contributed by atoms with Crippen molar-refractivity contribution in [2.75, 3.05) is 46.5 Å². The molecule has 158 valence electrons. The normalized spacial score (nSPS) is 21.5. The maximum Gasteiger partial charge on any atom is 0.253 e. The highest BCUT2D eigenvalue weighted by Gasteiger charge is 2.42. The van der Waals surface area contributed by atoms with Crippen LogP contribution in [0.2, 0.25) is 0 Å². The number of halogens is 1. The van der Waals surface area contributed by atoms with Gasteiger partial charge in [-0.05, 0) is 42.0 Å². The average Bonchev–Trinajstić information content (AvgIpc) is 3.24. The van der Waals surface area contributed by atoms with Gasteiger partial charge in [0.05, 0.1) is 26.2 Å². The summed E-state index contributed by atoms with van der Waals surface area (Å²) in [5.74, 6) is -0.477. The molecule has 0 radical (unpaired) electrons. The molecule has 4 rings (SSSR count). The Balaban J connectivity index is 1.59. The minimum Gasteiger partial charge on any atom is -0.497 e. The smallest absolute Gasteiger partial charge is 0.253 e. The monoisotopic (exact) mass is 412 g/mol. The van der Waals surface area contributed by atoms with Gasteiger partial charge in [-0.3, -0.25) is 9.59 Å². The van der Waals surface area contributed by atoms with Crippen molar-refractivity contribution in [1.29, 1.82) is 0 Å². The standard InChI is InChI=1S/C23H25FN2O4/c1-29-19-7-5-16(6-8-19)22(27)26-14-20(17-3-2-4-18(24)13-17)21(15-26)23(28)25-9-11-30-12-10-25/h2-8,13,20-21H,9-12,14-15H2,1H3. The van der Waals surface area contributed by atoms with E-state index in [9.17, 15) is 14.0 Å². The molecule has 2 saturated heterocycles. The van der Waals surface area contributed by atoms with E-state index in [4.69, 9.17) is 9.47 Å². The predicted octanol–water partition coefficient (Wildman–Crippen LogP) is 2.55. The summed E-state index contributed by atoms with van der Waals surface area (Å²) in [4.78, 5) is 29.9. The quantitative estimate of drug-likeness (QED) is 0.775. The van der Waals surface area contributed by atoms with Crippen LogP contribution in [0.15, 0.2) is 48.5 Å². The number of nitrogens with zero attached hydrogens (tertiary/aromatic N) is 2. The van der Waals surface area contributed by atoms with Crippen molar-refractivity contribution < 1.29 is 23.5 Å². The Morgan fingerprint density at radius 1 is 1.03 bits per heavy atom. The lowest BCUT2D eigenvalue weighted by atomic mass is 9.88. The van der Waals surface area contributed by atoms with Crippen LogP contribution in [-0.2, 0) is 9.53 Å². The largest absolute Gasteiger partial charge is 0.497 e. The lowest BCUT2D eigenvalue weighted by Gasteiger charge is -2.30. The Morgan fingerprint density at radius 3 is 2.43 bits per heavy atom. The number of methoxy groups -OCH3 is 1.